The van der Waals surface area contributed by atoms with Crippen molar-refractivity contribution in [2.24, 2.45) is 5.73 Å². The summed E-state index contributed by atoms with van der Waals surface area (Å²) in [5.74, 6) is -0.401. The lowest BCUT2D eigenvalue weighted by Crippen LogP contribution is -2.44. The molecule has 1 fully saturated rings. The first kappa shape index (κ1) is 13.0. The van der Waals surface area contributed by atoms with Gasteiger partial charge in [-0.05, 0) is 37.1 Å². The van der Waals surface area contributed by atoms with Crippen LogP contribution in [-0.2, 0) is 4.79 Å². The van der Waals surface area contributed by atoms with Crippen LogP contribution in [0.15, 0.2) is 24.3 Å². The Morgan fingerprint density at radius 2 is 1.83 bits per heavy atom. The van der Waals surface area contributed by atoms with Crippen molar-refractivity contribution in [1.82, 2.24) is 0 Å². The highest BCUT2D eigenvalue weighted by Crippen LogP contribution is 2.28. The van der Waals surface area contributed by atoms with Crippen molar-refractivity contribution in [3.63, 3.8) is 0 Å². The van der Waals surface area contributed by atoms with Crippen molar-refractivity contribution < 1.29 is 9.18 Å². The molecule has 1 amide bonds. The summed E-state index contributed by atoms with van der Waals surface area (Å²) in [6, 6.07) is 5.76. The second-order valence-corrected chi connectivity index (χ2v) is 5.15. The Hall–Kier alpha value is -1.42. The molecule has 1 saturated carbocycles. The standard InChI is InChI=1S/C14H19FN2O/c15-11-4-6-12(7-5-11)17-13(18)10-14(16)8-2-1-3-9-14/h4-7H,1-3,8-10,16H2,(H,17,18). The molecule has 0 aromatic heterocycles. The maximum Gasteiger partial charge on any atom is 0.226 e. The fraction of sp³-hybridized carbons (Fsp3) is 0.500. The fourth-order valence-corrected chi connectivity index (χ4v) is 2.49. The quantitative estimate of drug-likeness (QED) is 0.866. The number of hydrogen-bond acceptors (Lipinski definition) is 2. The van der Waals surface area contributed by atoms with E-state index in [1.807, 2.05) is 0 Å². The van der Waals surface area contributed by atoms with Gasteiger partial charge in [0.25, 0.3) is 0 Å². The van der Waals surface area contributed by atoms with Crippen LogP contribution in [0.2, 0.25) is 0 Å². The van der Waals surface area contributed by atoms with Crippen LogP contribution in [-0.4, -0.2) is 11.4 Å². The minimum Gasteiger partial charge on any atom is -0.326 e. The molecule has 1 aliphatic rings. The van der Waals surface area contributed by atoms with E-state index >= 15 is 0 Å². The monoisotopic (exact) mass is 250 g/mol. The Morgan fingerprint density at radius 1 is 1.22 bits per heavy atom. The van der Waals surface area contributed by atoms with Gasteiger partial charge in [0.15, 0.2) is 0 Å². The molecule has 1 aromatic carbocycles. The van der Waals surface area contributed by atoms with Gasteiger partial charge in [-0.2, -0.15) is 0 Å². The fourth-order valence-electron chi connectivity index (χ4n) is 2.49. The van der Waals surface area contributed by atoms with Crippen LogP contribution >= 0.6 is 0 Å². The summed E-state index contributed by atoms with van der Waals surface area (Å²) in [4.78, 5) is 11.9. The van der Waals surface area contributed by atoms with Crippen molar-refractivity contribution in [2.75, 3.05) is 5.32 Å². The molecule has 0 atom stereocenters. The summed E-state index contributed by atoms with van der Waals surface area (Å²) in [7, 11) is 0. The molecule has 0 heterocycles. The zero-order valence-corrected chi connectivity index (χ0v) is 10.4. The van der Waals surface area contributed by atoms with E-state index in [0.29, 0.717) is 12.1 Å². The normalized spacial score (nSPS) is 18.3. The lowest BCUT2D eigenvalue weighted by atomic mass is 9.80. The highest BCUT2D eigenvalue weighted by Gasteiger charge is 2.29. The molecule has 18 heavy (non-hydrogen) atoms. The summed E-state index contributed by atoms with van der Waals surface area (Å²) in [6.07, 6.45) is 5.55. The zero-order valence-electron chi connectivity index (χ0n) is 10.4. The van der Waals surface area contributed by atoms with Gasteiger partial charge in [-0.1, -0.05) is 19.3 Å². The summed E-state index contributed by atoms with van der Waals surface area (Å²) in [5, 5.41) is 2.76. The third-order valence-electron chi connectivity index (χ3n) is 3.49. The molecule has 2 rings (SSSR count). The number of benzene rings is 1. The van der Waals surface area contributed by atoms with Crippen LogP contribution in [0, 0.1) is 5.82 Å². The third-order valence-corrected chi connectivity index (χ3v) is 3.49. The average molecular weight is 250 g/mol. The first-order chi connectivity index (χ1) is 8.57. The molecule has 1 aliphatic carbocycles. The summed E-state index contributed by atoms with van der Waals surface area (Å²) in [6.45, 7) is 0. The maximum absolute atomic E-state index is 12.7. The molecule has 4 heteroatoms. The van der Waals surface area contributed by atoms with E-state index in [0.717, 1.165) is 25.7 Å². The number of anilines is 1. The van der Waals surface area contributed by atoms with Gasteiger partial charge in [-0.15, -0.1) is 0 Å². The molecule has 0 unspecified atom stereocenters. The third kappa shape index (κ3) is 3.53. The molecule has 0 aliphatic heterocycles. The largest absolute Gasteiger partial charge is 0.326 e. The van der Waals surface area contributed by atoms with Crippen LogP contribution in [0.5, 0.6) is 0 Å². The Bertz CT molecular complexity index is 410. The predicted molar refractivity (Wildman–Crippen MR) is 69.7 cm³/mol. The van der Waals surface area contributed by atoms with Crippen molar-refractivity contribution in [1.29, 1.82) is 0 Å². The van der Waals surface area contributed by atoms with Gasteiger partial charge in [-0.25, -0.2) is 4.39 Å². The summed E-state index contributed by atoms with van der Waals surface area (Å²) in [5.41, 5.74) is 6.47. The Balaban J connectivity index is 1.90. The summed E-state index contributed by atoms with van der Waals surface area (Å²) >= 11 is 0. The van der Waals surface area contributed by atoms with Crippen LogP contribution in [0.1, 0.15) is 38.5 Å². The lowest BCUT2D eigenvalue weighted by molar-refractivity contribution is -0.117. The van der Waals surface area contributed by atoms with Gasteiger partial charge in [-0.3, -0.25) is 4.79 Å². The number of amides is 1. The van der Waals surface area contributed by atoms with E-state index in [1.54, 1.807) is 12.1 Å². The Morgan fingerprint density at radius 3 is 2.44 bits per heavy atom. The highest BCUT2D eigenvalue weighted by molar-refractivity contribution is 5.91. The van der Waals surface area contributed by atoms with E-state index in [2.05, 4.69) is 5.32 Å². The number of nitrogens with one attached hydrogen (secondary N) is 1. The summed E-state index contributed by atoms with van der Waals surface area (Å²) < 4.78 is 12.7. The second-order valence-electron chi connectivity index (χ2n) is 5.15. The van der Waals surface area contributed by atoms with Crippen LogP contribution in [0.4, 0.5) is 10.1 Å². The van der Waals surface area contributed by atoms with E-state index in [-0.39, 0.29) is 17.3 Å². The van der Waals surface area contributed by atoms with Gasteiger partial charge < -0.3 is 11.1 Å². The Labute approximate surface area is 107 Å². The van der Waals surface area contributed by atoms with Crippen LogP contribution in [0.3, 0.4) is 0 Å². The zero-order chi connectivity index (χ0) is 13.0. The van der Waals surface area contributed by atoms with E-state index < -0.39 is 0 Å². The van der Waals surface area contributed by atoms with Crippen LogP contribution < -0.4 is 11.1 Å². The minimum atomic E-state index is -0.359. The number of nitrogens with two attached hydrogens (primary N) is 1. The average Bonchev–Trinajstić information content (AvgIpc) is 2.32. The molecule has 3 N–H and O–H groups in total. The lowest BCUT2D eigenvalue weighted by Gasteiger charge is -2.32. The Kier molecular flexibility index (Phi) is 3.97. The van der Waals surface area contributed by atoms with Crippen molar-refractivity contribution in [3.8, 4) is 0 Å². The minimum absolute atomic E-state index is 0.0917. The number of carbonyl (C=O) groups is 1. The molecule has 0 saturated heterocycles. The van der Waals surface area contributed by atoms with Gasteiger partial charge in [0.2, 0.25) is 5.91 Å². The first-order valence-electron chi connectivity index (χ1n) is 6.42. The smallest absolute Gasteiger partial charge is 0.226 e. The second kappa shape index (κ2) is 5.48. The molecule has 98 valence electrons. The predicted octanol–water partition coefficient (Wildman–Crippen LogP) is 2.82. The van der Waals surface area contributed by atoms with Gasteiger partial charge in [0, 0.05) is 17.6 Å². The number of carbonyl (C=O) groups excluding carboxylic acids is 1. The highest BCUT2D eigenvalue weighted by atomic mass is 19.1. The SMILES string of the molecule is NC1(CC(=O)Nc2ccc(F)cc2)CCCCC1. The van der Waals surface area contributed by atoms with E-state index in [4.69, 9.17) is 5.73 Å². The van der Waals surface area contributed by atoms with Crippen molar-refractivity contribution in [3.05, 3.63) is 30.1 Å². The first-order valence-corrected chi connectivity index (χ1v) is 6.42. The van der Waals surface area contributed by atoms with Gasteiger partial charge >= 0.3 is 0 Å². The molecule has 1 aromatic rings. The van der Waals surface area contributed by atoms with Crippen LogP contribution in [0.25, 0.3) is 0 Å². The molecule has 0 radical (unpaired) electrons. The molecule has 0 bridgehead atoms. The van der Waals surface area contributed by atoms with Gasteiger partial charge in [0.1, 0.15) is 5.82 Å². The maximum atomic E-state index is 12.7. The molecule has 3 nitrogen and oxygen atoms in total. The number of halogens is 1. The number of hydrogen-bond donors (Lipinski definition) is 2. The van der Waals surface area contributed by atoms with Gasteiger partial charge in [0.05, 0.1) is 0 Å². The number of rotatable bonds is 3. The molecular weight excluding hydrogens is 231 g/mol. The van der Waals surface area contributed by atoms with E-state index in [9.17, 15) is 9.18 Å². The molecule has 0 spiro atoms. The van der Waals surface area contributed by atoms with Crippen molar-refractivity contribution in [2.45, 2.75) is 44.1 Å². The van der Waals surface area contributed by atoms with E-state index in [1.165, 1.54) is 18.6 Å². The molecular formula is C14H19FN2O. The van der Waals surface area contributed by atoms with Crippen molar-refractivity contribution >= 4 is 11.6 Å². The topological polar surface area (TPSA) is 55.1 Å².